The van der Waals surface area contributed by atoms with E-state index >= 15 is 0 Å². The number of fused-ring (bicyclic) bond motifs is 2. The molecular weight excluding hydrogens is 419 g/mol. The number of nitrogens with zero attached hydrogens (tertiary/aromatic N) is 5. The van der Waals surface area contributed by atoms with Gasteiger partial charge in [0.15, 0.2) is 17.5 Å². The molecule has 0 unspecified atom stereocenters. The van der Waals surface area contributed by atoms with Crippen LogP contribution in [0.4, 0.5) is 13.2 Å². The number of imidazole rings is 1. The number of benzene rings is 1. The van der Waals surface area contributed by atoms with Gasteiger partial charge in [0.2, 0.25) is 0 Å². The number of aryl methyl sites for hydroxylation is 2. The van der Waals surface area contributed by atoms with Crippen LogP contribution in [0.25, 0.3) is 16.9 Å². The Bertz CT molecular complexity index is 1370. The van der Waals surface area contributed by atoms with E-state index in [1.807, 2.05) is 26.1 Å². The van der Waals surface area contributed by atoms with Crippen LogP contribution in [-0.4, -0.2) is 36.5 Å². The zero-order valence-corrected chi connectivity index (χ0v) is 17.7. The molecule has 9 heteroatoms. The van der Waals surface area contributed by atoms with Crippen LogP contribution in [-0.2, 0) is 13.5 Å². The van der Waals surface area contributed by atoms with Crippen LogP contribution >= 0.6 is 0 Å². The van der Waals surface area contributed by atoms with Crippen LogP contribution in [0, 0.1) is 24.4 Å². The molecule has 164 valence electrons. The number of hydrogen-bond acceptors (Lipinski definition) is 3. The third kappa shape index (κ3) is 2.99. The lowest BCUT2D eigenvalue weighted by Gasteiger charge is -2.33. The van der Waals surface area contributed by atoms with Crippen molar-refractivity contribution in [1.29, 1.82) is 0 Å². The van der Waals surface area contributed by atoms with Gasteiger partial charge in [-0.25, -0.2) is 18.2 Å². The van der Waals surface area contributed by atoms with Gasteiger partial charge in [0.25, 0.3) is 5.91 Å². The zero-order chi connectivity index (χ0) is 22.7. The number of rotatable bonds is 2. The van der Waals surface area contributed by atoms with Crippen molar-refractivity contribution >= 4 is 11.6 Å². The fourth-order valence-electron chi connectivity index (χ4n) is 4.53. The Balaban J connectivity index is 1.54. The monoisotopic (exact) mass is 439 g/mol. The quantitative estimate of drug-likeness (QED) is 0.440. The summed E-state index contributed by atoms with van der Waals surface area (Å²) >= 11 is 0. The summed E-state index contributed by atoms with van der Waals surface area (Å²) in [4.78, 5) is 19.6. The predicted octanol–water partition coefficient (Wildman–Crippen LogP) is 4.22. The van der Waals surface area contributed by atoms with Gasteiger partial charge in [-0.3, -0.25) is 13.9 Å². The molecule has 0 saturated heterocycles. The second-order valence-electron chi connectivity index (χ2n) is 8.04. The van der Waals surface area contributed by atoms with Gasteiger partial charge in [-0.1, -0.05) is 6.07 Å². The minimum absolute atomic E-state index is 0.155. The zero-order valence-electron chi connectivity index (χ0n) is 17.7. The fraction of sp³-hybridized carbons (Fsp3) is 0.261. The molecular formula is C23H20F3N5O. The predicted molar refractivity (Wildman–Crippen MR) is 112 cm³/mol. The first kappa shape index (κ1) is 20.3. The Labute approximate surface area is 181 Å². The van der Waals surface area contributed by atoms with Crippen molar-refractivity contribution in [3.05, 3.63) is 76.6 Å². The van der Waals surface area contributed by atoms with Gasteiger partial charge in [-0.05, 0) is 44.5 Å². The van der Waals surface area contributed by atoms with Crippen molar-refractivity contribution in [3.63, 3.8) is 0 Å². The smallest absolute Gasteiger partial charge is 0.271 e. The largest absolute Gasteiger partial charge is 0.329 e. The highest BCUT2D eigenvalue weighted by Gasteiger charge is 2.34. The number of carbonyl (C=O) groups excluding carboxylic acids is 1. The summed E-state index contributed by atoms with van der Waals surface area (Å²) in [6.45, 7) is 4.15. The average Bonchev–Trinajstić information content (AvgIpc) is 3.30. The first-order valence-electron chi connectivity index (χ1n) is 10.2. The van der Waals surface area contributed by atoms with E-state index in [0.29, 0.717) is 35.7 Å². The van der Waals surface area contributed by atoms with Crippen molar-refractivity contribution in [2.75, 3.05) is 6.54 Å². The van der Waals surface area contributed by atoms with E-state index in [4.69, 9.17) is 0 Å². The standard InChI is InChI=1S/C23H20F3N5O/c1-12-11-31-18(5-4-6-19(31)27-12)23(32)30-8-7-15-21(13(30)2)28-29(3)22(15)14-9-16(24)20(26)17(25)10-14/h4-6,9-11,13H,7-8H2,1-3H3/t13-/m0/s1. The maximum Gasteiger partial charge on any atom is 0.271 e. The number of carbonyl (C=O) groups is 1. The SMILES string of the molecule is Cc1cn2c(C(=O)N3CCc4c(nn(C)c4-c4cc(F)c(F)c(F)c4)[C@@H]3C)cccc2n1. The van der Waals surface area contributed by atoms with Crippen LogP contribution in [0.1, 0.15) is 40.4 Å². The van der Waals surface area contributed by atoms with Crippen molar-refractivity contribution in [1.82, 2.24) is 24.1 Å². The number of pyridine rings is 1. The summed E-state index contributed by atoms with van der Waals surface area (Å²) in [5, 5.41) is 4.55. The molecule has 0 fully saturated rings. The molecule has 1 aliphatic rings. The second-order valence-corrected chi connectivity index (χ2v) is 8.04. The highest BCUT2D eigenvalue weighted by atomic mass is 19.2. The summed E-state index contributed by atoms with van der Waals surface area (Å²) in [7, 11) is 1.67. The van der Waals surface area contributed by atoms with E-state index in [9.17, 15) is 18.0 Å². The number of halogens is 3. The van der Waals surface area contributed by atoms with Gasteiger partial charge in [-0.2, -0.15) is 5.10 Å². The van der Waals surface area contributed by atoms with E-state index < -0.39 is 17.5 Å². The van der Waals surface area contributed by atoms with Gasteiger partial charge < -0.3 is 4.90 Å². The van der Waals surface area contributed by atoms with E-state index in [1.54, 1.807) is 28.5 Å². The maximum absolute atomic E-state index is 13.9. The molecule has 4 heterocycles. The van der Waals surface area contributed by atoms with Gasteiger partial charge >= 0.3 is 0 Å². The molecule has 0 spiro atoms. The minimum atomic E-state index is -1.50. The summed E-state index contributed by atoms with van der Waals surface area (Å²) in [5.41, 5.74) is 4.18. The van der Waals surface area contributed by atoms with Crippen molar-refractivity contribution in [3.8, 4) is 11.3 Å². The molecule has 1 amide bonds. The van der Waals surface area contributed by atoms with Gasteiger partial charge in [0.1, 0.15) is 11.3 Å². The lowest BCUT2D eigenvalue weighted by atomic mass is 9.95. The van der Waals surface area contributed by atoms with E-state index in [1.165, 1.54) is 4.68 Å². The summed E-state index contributed by atoms with van der Waals surface area (Å²) in [5.74, 6) is -4.16. The number of hydrogen-bond donors (Lipinski definition) is 0. The van der Waals surface area contributed by atoms with Crippen LogP contribution < -0.4 is 0 Å². The maximum atomic E-state index is 13.9. The highest BCUT2D eigenvalue weighted by molar-refractivity contribution is 5.94. The lowest BCUT2D eigenvalue weighted by Crippen LogP contribution is -2.39. The van der Waals surface area contributed by atoms with E-state index in [-0.39, 0.29) is 17.5 Å². The van der Waals surface area contributed by atoms with E-state index in [2.05, 4.69) is 10.1 Å². The van der Waals surface area contributed by atoms with Crippen molar-refractivity contribution in [2.45, 2.75) is 26.3 Å². The molecule has 0 N–H and O–H groups in total. The Morgan fingerprint density at radius 1 is 1.16 bits per heavy atom. The number of aromatic nitrogens is 4. The minimum Gasteiger partial charge on any atom is -0.329 e. The molecule has 3 aromatic heterocycles. The first-order valence-corrected chi connectivity index (χ1v) is 10.2. The molecule has 0 aliphatic carbocycles. The summed E-state index contributed by atoms with van der Waals surface area (Å²) in [6, 6.07) is 6.98. The van der Waals surface area contributed by atoms with Gasteiger partial charge in [0, 0.05) is 30.9 Å². The average molecular weight is 439 g/mol. The molecule has 6 nitrogen and oxygen atoms in total. The van der Waals surface area contributed by atoms with Crippen LogP contribution in [0.2, 0.25) is 0 Å². The van der Waals surface area contributed by atoms with Gasteiger partial charge in [-0.15, -0.1) is 0 Å². The highest BCUT2D eigenvalue weighted by Crippen LogP contribution is 2.36. The van der Waals surface area contributed by atoms with Crippen molar-refractivity contribution < 1.29 is 18.0 Å². The summed E-state index contributed by atoms with van der Waals surface area (Å²) in [6.07, 6.45) is 2.27. The lowest BCUT2D eigenvalue weighted by molar-refractivity contribution is 0.0666. The molecule has 0 radical (unpaired) electrons. The summed E-state index contributed by atoms with van der Waals surface area (Å²) < 4.78 is 44.5. The molecule has 32 heavy (non-hydrogen) atoms. The molecule has 1 aliphatic heterocycles. The molecule has 5 rings (SSSR count). The molecule has 1 atom stereocenters. The fourth-order valence-corrected chi connectivity index (χ4v) is 4.53. The Morgan fingerprint density at radius 2 is 1.88 bits per heavy atom. The molecule has 4 aromatic rings. The topological polar surface area (TPSA) is 55.4 Å². The Kier molecular flexibility index (Phi) is 4.58. The third-order valence-corrected chi connectivity index (χ3v) is 5.99. The van der Waals surface area contributed by atoms with Crippen LogP contribution in [0.5, 0.6) is 0 Å². The molecule has 0 saturated carbocycles. The Hall–Kier alpha value is -3.62. The van der Waals surface area contributed by atoms with Crippen LogP contribution in [0.3, 0.4) is 0 Å². The van der Waals surface area contributed by atoms with Crippen LogP contribution in [0.15, 0.2) is 36.5 Å². The van der Waals surface area contributed by atoms with Crippen molar-refractivity contribution in [2.24, 2.45) is 7.05 Å². The second kappa shape index (κ2) is 7.22. The normalized spacial score (nSPS) is 15.9. The van der Waals surface area contributed by atoms with E-state index in [0.717, 1.165) is 23.4 Å². The first-order chi connectivity index (χ1) is 15.3. The molecule has 0 bridgehead atoms. The third-order valence-electron chi connectivity index (χ3n) is 5.99. The Morgan fingerprint density at radius 3 is 2.59 bits per heavy atom. The molecule has 1 aromatic carbocycles. The number of amides is 1. The van der Waals surface area contributed by atoms with Gasteiger partial charge in [0.05, 0.1) is 23.1 Å².